The largest absolute Gasteiger partial charge is 0.381 e. The fourth-order valence-electron chi connectivity index (χ4n) is 2.35. The zero-order valence-corrected chi connectivity index (χ0v) is 11.9. The van der Waals surface area contributed by atoms with Gasteiger partial charge in [0.2, 0.25) is 0 Å². The van der Waals surface area contributed by atoms with Crippen molar-refractivity contribution in [1.29, 1.82) is 0 Å². The summed E-state index contributed by atoms with van der Waals surface area (Å²) in [6.45, 7) is 6.01. The second-order valence-corrected chi connectivity index (χ2v) is 6.78. The van der Waals surface area contributed by atoms with Gasteiger partial charge in [0.15, 0.2) is 9.84 Å². The van der Waals surface area contributed by atoms with Gasteiger partial charge >= 0.3 is 0 Å². The van der Waals surface area contributed by atoms with Gasteiger partial charge in [0.25, 0.3) is 0 Å². The Balaban J connectivity index is 2.54. The summed E-state index contributed by atoms with van der Waals surface area (Å²) in [6, 6.07) is 5.89. The molecule has 1 aromatic rings. The summed E-state index contributed by atoms with van der Waals surface area (Å²) in [4.78, 5) is 2.67. The van der Waals surface area contributed by atoms with Crippen LogP contribution in [0.15, 0.2) is 23.1 Å². The van der Waals surface area contributed by atoms with Crippen molar-refractivity contribution in [3.8, 4) is 0 Å². The van der Waals surface area contributed by atoms with Gasteiger partial charge in [0.05, 0.1) is 16.3 Å². The van der Waals surface area contributed by atoms with Crippen molar-refractivity contribution in [3.63, 3.8) is 0 Å². The van der Waals surface area contributed by atoms with Crippen molar-refractivity contribution in [2.75, 3.05) is 29.6 Å². The van der Waals surface area contributed by atoms with E-state index in [2.05, 4.69) is 24.1 Å². The molecule has 0 saturated carbocycles. The molecule has 0 aromatic heterocycles. The third-order valence-electron chi connectivity index (χ3n) is 3.49. The van der Waals surface area contributed by atoms with Gasteiger partial charge in [-0.2, -0.15) is 0 Å². The second kappa shape index (κ2) is 4.80. The first-order valence-corrected chi connectivity index (χ1v) is 8.18. The highest BCUT2D eigenvalue weighted by molar-refractivity contribution is 7.90. The molecule has 5 heteroatoms. The first kappa shape index (κ1) is 13.2. The van der Waals surface area contributed by atoms with E-state index in [9.17, 15) is 8.42 Å². The smallest absolute Gasteiger partial charge is 0.177 e. The SMILES string of the molecule is CCC(C)N1CCNc2c1cccc2S(C)(=O)=O. The number of rotatable bonds is 3. The van der Waals surface area contributed by atoms with Gasteiger partial charge in [-0.25, -0.2) is 8.42 Å². The maximum Gasteiger partial charge on any atom is 0.177 e. The van der Waals surface area contributed by atoms with Crippen LogP contribution in [0.1, 0.15) is 20.3 Å². The van der Waals surface area contributed by atoms with E-state index < -0.39 is 9.84 Å². The van der Waals surface area contributed by atoms with Crippen LogP contribution in [0.25, 0.3) is 0 Å². The topological polar surface area (TPSA) is 49.4 Å². The molecule has 100 valence electrons. The number of para-hydroxylation sites is 1. The molecule has 0 radical (unpaired) electrons. The highest BCUT2D eigenvalue weighted by Crippen LogP contribution is 2.36. The van der Waals surface area contributed by atoms with Gasteiger partial charge in [0, 0.05) is 25.4 Å². The number of fused-ring (bicyclic) bond motifs is 1. The lowest BCUT2D eigenvalue weighted by Gasteiger charge is -2.37. The van der Waals surface area contributed by atoms with E-state index in [1.165, 1.54) is 6.26 Å². The summed E-state index contributed by atoms with van der Waals surface area (Å²) in [7, 11) is -3.19. The lowest BCUT2D eigenvalue weighted by atomic mass is 10.1. The quantitative estimate of drug-likeness (QED) is 0.912. The molecule has 1 aliphatic heterocycles. The second-order valence-electron chi connectivity index (χ2n) is 4.80. The standard InChI is InChI=1S/C13H20N2O2S/c1-4-10(2)15-9-8-14-13-11(15)6-5-7-12(13)18(3,16)17/h5-7,10,14H,4,8-9H2,1-3H3. The van der Waals surface area contributed by atoms with Crippen molar-refractivity contribution < 1.29 is 8.42 Å². The van der Waals surface area contributed by atoms with Gasteiger partial charge in [-0.05, 0) is 25.5 Å². The average molecular weight is 268 g/mol. The van der Waals surface area contributed by atoms with E-state index >= 15 is 0 Å². The van der Waals surface area contributed by atoms with Crippen LogP contribution in [0.5, 0.6) is 0 Å². The summed E-state index contributed by atoms with van der Waals surface area (Å²) in [6.07, 6.45) is 2.30. The van der Waals surface area contributed by atoms with Crippen LogP contribution in [-0.4, -0.2) is 33.8 Å². The molecule has 0 bridgehead atoms. The Labute approximate surface area is 109 Å². The Morgan fingerprint density at radius 3 is 2.78 bits per heavy atom. The Morgan fingerprint density at radius 2 is 2.17 bits per heavy atom. The lowest BCUT2D eigenvalue weighted by molar-refractivity contribution is 0.599. The highest BCUT2D eigenvalue weighted by atomic mass is 32.2. The Hall–Kier alpha value is -1.23. The molecule has 0 saturated heterocycles. The number of nitrogens with one attached hydrogen (secondary N) is 1. The van der Waals surface area contributed by atoms with Gasteiger partial charge in [0.1, 0.15) is 0 Å². The summed E-state index contributed by atoms with van der Waals surface area (Å²) < 4.78 is 23.6. The Kier molecular flexibility index (Phi) is 3.52. The van der Waals surface area contributed by atoms with Gasteiger partial charge in [-0.1, -0.05) is 13.0 Å². The lowest BCUT2D eigenvalue weighted by Crippen LogP contribution is -2.40. The maximum absolute atomic E-state index is 11.8. The molecule has 0 amide bonds. The zero-order valence-electron chi connectivity index (χ0n) is 11.1. The molecule has 1 heterocycles. The van der Waals surface area contributed by atoms with Crippen molar-refractivity contribution in [3.05, 3.63) is 18.2 Å². The Bertz CT molecular complexity index is 540. The number of nitrogens with zero attached hydrogens (tertiary/aromatic N) is 1. The van der Waals surface area contributed by atoms with E-state index in [-0.39, 0.29) is 0 Å². The van der Waals surface area contributed by atoms with Gasteiger partial charge < -0.3 is 10.2 Å². The van der Waals surface area contributed by atoms with Crippen LogP contribution in [0.2, 0.25) is 0 Å². The van der Waals surface area contributed by atoms with Crippen molar-refractivity contribution in [2.24, 2.45) is 0 Å². The molecule has 0 aliphatic carbocycles. The molecule has 1 N–H and O–H groups in total. The highest BCUT2D eigenvalue weighted by Gasteiger charge is 2.25. The molecule has 0 spiro atoms. The van der Waals surface area contributed by atoms with E-state index in [0.29, 0.717) is 10.9 Å². The van der Waals surface area contributed by atoms with E-state index in [4.69, 9.17) is 0 Å². The van der Waals surface area contributed by atoms with Crippen molar-refractivity contribution in [2.45, 2.75) is 31.2 Å². The van der Waals surface area contributed by atoms with Gasteiger partial charge in [-0.3, -0.25) is 0 Å². The van der Waals surface area contributed by atoms with E-state index in [0.717, 1.165) is 30.9 Å². The van der Waals surface area contributed by atoms with Gasteiger partial charge in [-0.15, -0.1) is 0 Å². The van der Waals surface area contributed by atoms with E-state index in [1.54, 1.807) is 6.07 Å². The third kappa shape index (κ3) is 2.32. The summed E-state index contributed by atoms with van der Waals surface area (Å²) in [5, 5.41) is 3.23. The predicted molar refractivity (Wildman–Crippen MR) is 75.1 cm³/mol. The first-order valence-electron chi connectivity index (χ1n) is 6.28. The third-order valence-corrected chi connectivity index (χ3v) is 4.63. The molecule has 2 rings (SSSR count). The number of benzene rings is 1. The fraction of sp³-hybridized carbons (Fsp3) is 0.538. The summed E-state index contributed by atoms with van der Waals surface area (Å²) >= 11 is 0. The predicted octanol–water partition coefficient (Wildman–Crippen LogP) is 2.12. The molecule has 1 aliphatic rings. The molecule has 4 nitrogen and oxygen atoms in total. The van der Waals surface area contributed by atoms with Crippen molar-refractivity contribution in [1.82, 2.24) is 0 Å². The van der Waals surface area contributed by atoms with Crippen LogP contribution in [0, 0.1) is 0 Å². The van der Waals surface area contributed by atoms with Crippen LogP contribution in [0.4, 0.5) is 11.4 Å². The molecule has 18 heavy (non-hydrogen) atoms. The number of hydrogen-bond donors (Lipinski definition) is 1. The zero-order chi connectivity index (χ0) is 13.3. The minimum atomic E-state index is -3.19. The first-order chi connectivity index (χ1) is 8.45. The van der Waals surface area contributed by atoms with Crippen LogP contribution >= 0.6 is 0 Å². The summed E-state index contributed by atoms with van der Waals surface area (Å²) in [5.41, 5.74) is 1.75. The van der Waals surface area contributed by atoms with Crippen LogP contribution in [-0.2, 0) is 9.84 Å². The molecule has 1 aromatic carbocycles. The number of hydrogen-bond acceptors (Lipinski definition) is 4. The molecule has 0 fully saturated rings. The van der Waals surface area contributed by atoms with Crippen LogP contribution < -0.4 is 10.2 Å². The Morgan fingerprint density at radius 1 is 1.44 bits per heavy atom. The van der Waals surface area contributed by atoms with Crippen LogP contribution in [0.3, 0.4) is 0 Å². The van der Waals surface area contributed by atoms with E-state index in [1.807, 2.05) is 12.1 Å². The summed E-state index contributed by atoms with van der Waals surface area (Å²) in [5.74, 6) is 0. The monoisotopic (exact) mass is 268 g/mol. The molecular formula is C13H20N2O2S. The molecule has 1 atom stereocenters. The number of sulfone groups is 1. The van der Waals surface area contributed by atoms with Crippen molar-refractivity contribution >= 4 is 21.2 Å². The average Bonchev–Trinajstić information content (AvgIpc) is 2.35. The number of anilines is 2. The fourth-order valence-corrected chi connectivity index (χ4v) is 3.22. The minimum absolute atomic E-state index is 0.396. The maximum atomic E-state index is 11.8. The molecular weight excluding hydrogens is 248 g/mol. The molecule has 1 unspecified atom stereocenters. The normalized spacial score (nSPS) is 16.9. The minimum Gasteiger partial charge on any atom is -0.381 e.